The number of nitrogen functional groups attached to an aromatic ring is 1. The first-order chi connectivity index (χ1) is 25.5. The fraction of sp³-hybridized carbons (Fsp3) is 0.120. The van der Waals surface area contributed by atoms with Crippen LogP contribution in [0.25, 0.3) is 54.9 Å². The molecule has 0 fully saturated rings. The van der Waals surface area contributed by atoms with Crippen LogP contribution < -0.4 is 11.1 Å². The fourth-order valence-electron chi connectivity index (χ4n) is 6.16. The maximum absolute atomic E-state index is 6.22. The first-order valence-electron chi connectivity index (χ1n) is 18.2. The summed E-state index contributed by atoms with van der Waals surface area (Å²) in [7, 11) is 0. The van der Waals surface area contributed by atoms with Gasteiger partial charge in [0.1, 0.15) is 0 Å². The van der Waals surface area contributed by atoms with Gasteiger partial charge in [-0.2, -0.15) is 0 Å². The topological polar surface area (TPSA) is 38.0 Å². The average molecular weight is 681 g/mol. The van der Waals surface area contributed by atoms with Crippen LogP contribution in [0.3, 0.4) is 0 Å². The van der Waals surface area contributed by atoms with Crippen molar-refractivity contribution in [2.75, 3.05) is 11.1 Å². The van der Waals surface area contributed by atoms with Gasteiger partial charge in [0.25, 0.3) is 0 Å². The molecule has 7 aromatic rings. The molecule has 0 saturated carbocycles. The van der Waals surface area contributed by atoms with Gasteiger partial charge in [-0.1, -0.05) is 172 Å². The van der Waals surface area contributed by atoms with Crippen molar-refractivity contribution in [1.29, 1.82) is 0 Å². The molecule has 2 heteroatoms. The molecule has 3 N–H and O–H groups in total. The molecule has 0 radical (unpaired) electrons. The molecule has 262 valence electrons. The van der Waals surface area contributed by atoms with Gasteiger partial charge >= 0.3 is 0 Å². The molecule has 0 spiro atoms. The molecule has 0 heterocycles. The number of nitrogens with two attached hydrogens (primary N) is 1. The van der Waals surface area contributed by atoms with E-state index in [1.807, 2.05) is 51.1 Å². The SMILES string of the molecule is C=C/C(C)=C\CC.C=CC.CC.Nc1ccccc1Nc1cccc(-c2c3ccccc3c(-c3cccc(-c4ccccc4)c3)c3ccccc23)c1. The molecule has 0 aliphatic rings. The van der Waals surface area contributed by atoms with Crippen LogP contribution in [-0.4, -0.2) is 0 Å². The maximum Gasteiger partial charge on any atom is 0.0617 e. The lowest BCUT2D eigenvalue weighted by atomic mass is 9.85. The highest BCUT2D eigenvalue weighted by Crippen LogP contribution is 2.44. The lowest BCUT2D eigenvalue weighted by Gasteiger charge is -2.19. The summed E-state index contributed by atoms with van der Waals surface area (Å²) in [5.41, 5.74) is 17.4. The van der Waals surface area contributed by atoms with Crippen molar-refractivity contribution >= 4 is 38.6 Å². The third kappa shape index (κ3) is 9.56. The Hall–Kier alpha value is -6.12. The van der Waals surface area contributed by atoms with Gasteiger partial charge < -0.3 is 11.1 Å². The Morgan fingerprint density at radius 1 is 0.577 bits per heavy atom. The third-order valence-corrected chi connectivity index (χ3v) is 8.43. The van der Waals surface area contributed by atoms with Crippen molar-refractivity contribution in [2.45, 2.75) is 41.0 Å². The number of para-hydroxylation sites is 2. The summed E-state index contributed by atoms with van der Waals surface area (Å²) in [4.78, 5) is 0. The average Bonchev–Trinajstić information content (AvgIpc) is 3.19. The van der Waals surface area contributed by atoms with E-state index >= 15 is 0 Å². The number of hydrogen-bond donors (Lipinski definition) is 2. The van der Waals surface area contributed by atoms with E-state index in [1.54, 1.807) is 6.08 Å². The molecule has 0 aliphatic carbocycles. The first-order valence-corrected chi connectivity index (χ1v) is 18.2. The fourth-order valence-corrected chi connectivity index (χ4v) is 6.16. The number of allylic oxidation sites excluding steroid dienone is 4. The molecule has 0 aliphatic heterocycles. The van der Waals surface area contributed by atoms with Crippen LogP contribution in [0.5, 0.6) is 0 Å². The predicted molar refractivity (Wildman–Crippen MR) is 233 cm³/mol. The zero-order chi connectivity index (χ0) is 37.3. The van der Waals surface area contributed by atoms with Gasteiger partial charge in [-0.25, -0.2) is 0 Å². The lowest BCUT2D eigenvalue weighted by Crippen LogP contribution is -1.96. The smallest absolute Gasteiger partial charge is 0.0617 e. The molecule has 0 unspecified atom stereocenters. The van der Waals surface area contributed by atoms with Crippen molar-refractivity contribution in [2.24, 2.45) is 0 Å². The van der Waals surface area contributed by atoms with E-state index in [2.05, 4.69) is 166 Å². The van der Waals surface area contributed by atoms with Gasteiger partial charge in [0.15, 0.2) is 0 Å². The summed E-state index contributed by atoms with van der Waals surface area (Å²) in [5, 5.41) is 8.47. The van der Waals surface area contributed by atoms with Crippen LogP contribution in [0.1, 0.15) is 41.0 Å². The summed E-state index contributed by atoms with van der Waals surface area (Å²) >= 11 is 0. The van der Waals surface area contributed by atoms with E-state index in [9.17, 15) is 0 Å². The number of nitrogens with one attached hydrogen (secondary N) is 1. The largest absolute Gasteiger partial charge is 0.397 e. The second kappa shape index (κ2) is 19.9. The van der Waals surface area contributed by atoms with Gasteiger partial charge in [-0.05, 0) is 106 Å². The summed E-state index contributed by atoms with van der Waals surface area (Å²) < 4.78 is 0. The molecule has 52 heavy (non-hydrogen) atoms. The molecule has 2 nitrogen and oxygen atoms in total. The lowest BCUT2D eigenvalue weighted by molar-refractivity contribution is 1.20. The summed E-state index contributed by atoms with van der Waals surface area (Å²) in [6.45, 7) is 17.0. The molecule has 0 bridgehead atoms. The summed E-state index contributed by atoms with van der Waals surface area (Å²) in [5.74, 6) is 0. The number of hydrogen-bond acceptors (Lipinski definition) is 2. The van der Waals surface area contributed by atoms with Crippen molar-refractivity contribution in [1.82, 2.24) is 0 Å². The first kappa shape index (κ1) is 38.7. The maximum atomic E-state index is 6.22. The highest BCUT2D eigenvalue weighted by atomic mass is 14.9. The Morgan fingerprint density at radius 2 is 1.02 bits per heavy atom. The Bertz CT molecular complexity index is 2180. The van der Waals surface area contributed by atoms with E-state index in [1.165, 1.54) is 54.9 Å². The molecule has 0 atom stereocenters. The summed E-state index contributed by atoms with van der Waals surface area (Å²) in [6.07, 6.45) is 6.87. The highest BCUT2D eigenvalue weighted by molar-refractivity contribution is 6.21. The van der Waals surface area contributed by atoms with Crippen LogP contribution in [0.4, 0.5) is 17.1 Å². The van der Waals surface area contributed by atoms with Crippen LogP contribution in [0, 0.1) is 0 Å². The van der Waals surface area contributed by atoms with Crippen LogP contribution in [0.2, 0.25) is 0 Å². The molecule has 7 aromatic carbocycles. The normalized spacial score (nSPS) is 10.4. The highest BCUT2D eigenvalue weighted by Gasteiger charge is 2.17. The predicted octanol–water partition coefficient (Wildman–Crippen LogP) is 15.1. The zero-order valence-electron chi connectivity index (χ0n) is 31.4. The molecular formula is C50H52N2. The van der Waals surface area contributed by atoms with Gasteiger partial charge in [-0.3, -0.25) is 0 Å². The number of anilines is 3. The van der Waals surface area contributed by atoms with Crippen molar-refractivity contribution < 1.29 is 0 Å². The van der Waals surface area contributed by atoms with E-state index in [0.29, 0.717) is 0 Å². The summed E-state index contributed by atoms with van der Waals surface area (Å²) in [6, 6.07) is 53.5. The third-order valence-electron chi connectivity index (χ3n) is 8.43. The Kier molecular flexibility index (Phi) is 14.8. The van der Waals surface area contributed by atoms with Crippen LogP contribution >= 0.6 is 0 Å². The van der Waals surface area contributed by atoms with Gasteiger partial charge in [0, 0.05) is 5.69 Å². The quantitative estimate of drug-likeness (QED) is 0.0761. The van der Waals surface area contributed by atoms with Gasteiger partial charge in [0.2, 0.25) is 0 Å². The Balaban J connectivity index is 0.000000443. The minimum absolute atomic E-state index is 0.728. The zero-order valence-corrected chi connectivity index (χ0v) is 31.4. The van der Waals surface area contributed by atoms with Crippen molar-refractivity contribution in [3.8, 4) is 33.4 Å². The van der Waals surface area contributed by atoms with Gasteiger partial charge in [-0.15, -0.1) is 6.58 Å². The minimum atomic E-state index is 0.728. The van der Waals surface area contributed by atoms with E-state index < -0.39 is 0 Å². The monoisotopic (exact) mass is 680 g/mol. The van der Waals surface area contributed by atoms with Gasteiger partial charge in [0.05, 0.1) is 11.4 Å². The van der Waals surface area contributed by atoms with Crippen molar-refractivity contribution in [3.05, 3.63) is 189 Å². The number of rotatable bonds is 7. The molecule has 7 rings (SSSR count). The van der Waals surface area contributed by atoms with E-state index in [4.69, 9.17) is 5.73 Å². The standard InChI is InChI=1S/C38H28N2.C7H12.C3H6.C2H6/c39-35-22-8-9-23-36(35)40-30-17-11-16-29(25-30)38-33-20-6-4-18-31(33)37(32-19-5-7-21-34(32)38)28-15-10-14-27(24-28)26-12-2-1-3-13-26;1-4-6-7(3)5-2;1-3-2;1-2/h1-25,40H,39H2;5-6H,2,4H2,1,3H3;3H,1H2,2H3;1-2H3/b;7-6-;;. The molecular weight excluding hydrogens is 629 g/mol. The van der Waals surface area contributed by atoms with E-state index in [0.717, 1.165) is 29.0 Å². The minimum Gasteiger partial charge on any atom is -0.397 e. The second-order valence-electron chi connectivity index (χ2n) is 12.0. The van der Waals surface area contributed by atoms with Crippen molar-refractivity contribution in [3.63, 3.8) is 0 Å². The van der Waals surface area contributed by atoms with Crippen LogP contribution in [0.15, 0.2) is 189 Å². The Labute approximate surface area is 311 Å². The molecule has 0 amide bonds. The molecule has 0 saturated heterocycles. The second-order valence-corrected chi connectivity index (χ2v) is 12.0. The number of benzene rings is 7. The molecule has 0 aromatic heterocycles. The number of fused-ring (bicyclic) bond motifs is 2. The van der Waals surface area contributed by atoms with E-state index in [-0.39, 0.29) is 0 Å². The Morgan fingerprint density at radius 3 is 1.52 bits per heavy atom. The van der Waals surface area contributed by atoms with Crippen LogP contribution in [-0.2, 0) is 0 Å².